The van der Waals surface area contributed by atoms with Crippen LogP contribution in [0.25, 0.3) is 22.6 Å². The molecule has 2 aromatic heterocycles. The van der Waals surface area contributed by atoms with E-state index in [9.17, 15) is 22.8 Å². The average molecular weight is 499 g/mol. The van der Waals surface area contributed by atoms with Gasteiger partial charge in [-0.2, -0.15) is 13.2 Å². The summed E-state index contributed by atoms with van der Waals surface area (Å²) in [5.74, 6) is -1.76. The van der Waals surface area contributed by atoms with E-state index in [0.29, 0.717) is 0 Å². The van der Waals surface area contributed by atoms with E-state index in [1.807, 2.05) is 0 Å². The van der Waals surface area contributed by atoms with Gasteiger partial charge in [0.1, 0.15) is 11.6 Å². The number of aromatic amines is 1. The quantitative estimate of drug-likeness (QED) is 0.467. The Morgan fingerprint density at radius 2 is 1.97 bits per heavy atom. The zero-order valence-electron chi connectivity index (χ0n) is 18.0. The number of hydrogen-bond donors (Lipinski definition) is 2. The summed E-state index contributed by atoms with van der Waals surface area (Å²) in [7, 11) is 0. The molecule has 0 aliphatic heterocycles. The van der Waals surface area contributed by atoms with Crippen LogP contribution in [-0.2, 0) is 11.3 Å². The summed E-state index contributed by atoms with van der Waals surface area (Å²) in [4.78, 5) is 34.5. The lowest BCUT2D eigenvalue weighted by molar-refractivity contribution is -0.154. The summed E-state index contributed by atoms with van der Waals surface area (Å²) in [5, 5.41) is 2.58. The number of alkyl halides is 3. The first-order chi connectivity index (χ1) is 15.9. The maximum absolute atomic E-state index is 15.3. The number of carbonyl (C=O) groups excluding carboxylic acids is 1. The first-order valence-electron chi connectivity index (χ1n) is 9.97. The molecule has 2 heterocycles. The van der Waals surface area contributed by atoms with E-state index >= 15 is 4.39 Å². The highest BCUT2D eigenvalue weighted by Gasteiger charge is 2.28. The second-order valence-electron chi connectivity index (χ2n) is 7.54. The number of ether oxygens (including phenoxy) is 1. The molecule has 0 fully saturated rings. The van der Waals surface area contributed by atoms with Gasteiger partial charge in [-0.25, -0.2) is 14.4 Å². The molecule has 0 saturated heterocycles. The predicted octanol–water partition coefficient (Wildman–Crippen LogP) is 4.50. The molecule has 3 aromatic rings. The van der Waals surface area contributed by atoms with Gasteiger partial charge >= 0.3 is 6.18 Å². The SMILES string of the molecule is CC(C)C(=O)NCc1ccc(Cl)c(-c2nc(-c3ccc(OCC(F)(F)F)nc3)cc(=O)[nH]2)c1F. The number of rotatable bonds is 7. The van der Waals surface area contributed by atoms with E-state index in [4.69, 9.17) is 11.6 Å². The van der Waals surface area contributed by atoms with Gasteiger partial charge in [-0.1, -0.05) is 31.5 Å². The average Bonchev–Trinajstić information content (AvgIpc) is 2.76. The van der Waals surface area contributed by atoms with Gasteiger partial charge in [-0.3, -0.25) is 9.59 Å². The summed E-state index contributed by atoms with van der Waals surface area (Å²) in [6, 6.07) is 6.50. The standard InChI is InChI=1S/C22H19ClF4N4O3/c1-11(2)21(33)29-9-13-3-5-14(23)18(19(13)24)20-30-15(7-16(32)31-20)12-4-6-17(28-8-12)34-10-22(25,26)27/h3-8,11H,9-10H2,1-2H3,(H,29,33)(H,30,31,32). The molecule has 1 amide bonds. The molecule has 0 atom stereocenters. The molecule has 0 aliphatic carbocycles. The van der Waals surface area contributed by atoms with Crippen LogP contribution in [0.1, 0.15) is 19.4 Å². The molecule has 180 valence electrons. The number of hydrogen-bond acceptors (Lipinski definition) is 5. The number of pyridine rings is 1. The third kappa shape index (κ3) is 6.31. The third-order valence-electron chi connectivity index (χ3n) is 4.54. The summed E-state index contributed by atoms with van der Waals surface area (Å²) in [6.45, 7) is 1.80. The van der Waals surface area contributed by atoms with E-state index < -0.39 is 24.2 Å². The minimum absolute atomic E-state index is 0.0224. The van der Waals surface area contributed by atoms with Crippen LogP contribution in [0.15, 0.2) is 41.3 Å². The first kappa shape index (κ1) is 25.2. The van der Waals surface area contributed by atoms with E-state index in [2.05, 4.69) is 25.0 Å². The second kappa shape index (κ2) is 10.2. The van der Waals surface area contributed by atoms with Gasteiger partial charge in [0.2, 0.25) is 11.8 Å². The second-order valence-corrected chi connectivity index (χ2v) is 7.94. The molecule has 0 spiro atoms. The van der Waals surface area contributed by atoms with Gasteiger partial charge in [0, 0.05) is 41.9 Å². The topological polar surface area (TPSA) is 97.0 Å². The van der Waals surface area contributed by atoms with Crippen LogP contribution in [0.4, 0.5) is 17.6 Å². The van der Waals surface area contributed by atoms with Gasteiger partial charge in [0.05, 0.1) is 16.3 Å². The number of nitrogens with one attached hydrogen (secondary N) is 2. The summed E-state index contributed by atoms with van der Waals surface area (Å²) < 4.78 is 56.7. The van der Waals surface area contributed by atoms with E-state index in [0.717, 1.165) is 6.07 Å². The summed E-state index contributed by atoms with van der Waals surface area (Å²) in [5.41, 5.74) is -0.290. The first-order valence-corrected chi connectivity index (χ1v) is 10.3. The number of amides is 1. The van der Waals surface area contributed by atoms with Gasteiger partial charge < -0.3 is 15.0 Å². The maximum atomic E-state index is 15.3. The Balaban J connectivity index is 1.93. The van der Waals surface area contributed by atoms with Crippen molar-refractivity contribution < 1.29 is 27.1 Å². The van der Waals surface area contributed by atoms with Crippen LogP contribution in [-0.4, -0.2) is 33.6 Å². The number of halogens is 5. The van der Waals surface area contributed by atoms with Crippen LogP contribution >= 0.6 is 11.6 Å². The minimum atomic E-state index is -4.51. The highest BCUT2D eigenvalue weighted by molar-refractivity contribution is 6.33. The molecule has 1 aromatic carbocycles. The fraction of sp³-hybridized carbons (Fsp3) is 0.273. The van der Waals surface area contributed by atoms with Crippen molar-refractivity contribution in [2.24, 2.45) is 5.92 Å². The molecular weight excluding hydrogens is 480 g/mol. The predicted molar refractivity (Wildman–Crippen MR) is 117 cm³/mol. The Hall–Kier alpha value is -3.47. The highest BCUT2D eigenvalue weighted by Crippen LogP contribution is 2.31. The van der Waals surface area contributed by atoms with Crippen LogP contribution in [0.3, 0.4) is 0 Å². The van der Waals surface area contributed by atoms with Crippen molar-refractivity contribution in [3.63, 3.8) is 0 Å². The summed E-state index contributed by atoms with van der Waals surface area (Å²) in [6.07, 6.45) is -3.34. The van der Waals surface area contributed by atoms with Gasteiger partial charge in [-0.15, -0.1) is 0 Å². The molecular formula is C22H19ClF4N4O3. The Morgan fingerprint density at radius 1 is 1.24 bits per heavy atom. The highest BCUT2D eigenvalue weighted by atomic mass is 35.5. The molecule has 0 saturated carbocycles. The number of H-pyrrole nitrogens is 1. The Kier molecular flexibility index (Phi) is 7.55. The fourth-order valence-electron chi connectivity index (χ4n) is 2.83. The Morgan fingerprint density at radius 3 is 2.59 bits per heavy atom. The Bertz CT molecular complexity index is 1240. The van der Waals surface area contributed by atoms with Crippen molar-refractivity contribution in [2.45, 2.75) is 26.6 Å². The van der Waals surface area contributed by atoms with Gasteiger partial charge in [0.15, 0.2) is 6.61 Å². The molecule has 0 bridgehead atoms. The van der Waals surface area contributed by atoms with Crippen molar-refractivity contribution in [1.29, 1.82) is 0 Å². The lowest BCUT2D eigenvalue weighted by Gasteiger charge is -2.13. The fourth-order valence-corrected chi connectivity index (χ4v) is 3.07. The van der Waals surface area contributed by atoms with Gasteiger partial charge in [-0.05, 0) is 12.1 Å². The molecule has 34 heavy (non-hydrogen) atoms. The number of carbonyl (C=O) groups is 1. The van der Waals surface area contributed by atoms with Crippen molar-refractivity contribution >= 4 is 17.5 Å². The van der Waals surface area contributed by atoms with Crippen LogP contribution < -0.4 is 15.6 Å². The van der Waals surface area contributed by atoms with Crippen LogP contribution in [0, 0.1) is 11.7 Å². The van der Waals surface area contributed by atoms with Crippen molar-refractivity contribution in [3.05, 3.63) is 63.3 Å². The molecule has 12 heteroatoms. The largest absolute Gasteiger partial charge is 0.468 e. The molecule has 0 unspecified atom stereocenters. The lowest BCUT2D eigenvalue weighted by Crippen LogP contribution is -2.27. The normalized spacial score (nSPS) is 11.5. The number of aromatic nitrogens is 3. The maximum Gasteiger partial charge on any atom is 0.422 e. The van der Waals surface area contributed by atoms with Crippen LogP contribution in [0.2, 0.25) is 5.02 Å². The molecule has 0 aliphatic rings. The monoisotopic (exact) mass is 498 g/mol. The van der Waals surface area contributed by atoms with Crippen molar-refractivity contribution in [2.75, 3.05) is 6.61 Å². The van der Waals surface area contributed by atoms with Crippen LogP contribution in [0.5, 0.6) is 5.88 Å². The van der Waals surface area contributed by atoms with Crippen molar-refractivity contribution in [1.82, 2.24) is 20.3 Å². The molecule has 7 nitrogen and oxygen atoms in total. The summed E-state index contributed by atoms with van der Waals surface area (Å²) >= 11 is 6.18. The smallest absolute Gasteiger partial charge is 0.422 e. The molecule has 0 radical (unpaired) electrons. The Labute approximate surface area is 196 Å². The molecule has 3 rings (SSSR count). The van der Waals surface area contributed by atoms with Gasteiger partial charge in [0.25, 0.3) is 5.56 Å². The lowest BCUT2D eigenvalue weighted by atomic mass is 10.1. The van der Waals surface area contributed by atoms with E-state index in [-0.39, 0.29) is 57.5 Å². The molecule has 2 N–H and O–H groups in total. The number of nitrogens with zero attached hydrogens (tertiary/aromatic N) is 2. The minimum Gasteiger partial charge on any atom is -0.468 e. The van der Waals surface area contributed by atoms with E-state index in [1.54, 1.807) is 13.8 Å². The van der Waals surface area contributed by atoms with Crippen molar-refractivity contribution in [3.8, 4) is 28.5 Å². The third-order valence-corrected chi connectivity index (χ3v) is 4.86. The zero-order valence-corrected chi connectivity index (χ0v) is 18.7. The zero-order chi connectivity index (χ0) is 25.0. The van der Waals surface area contributed by atoms with E-state index in [1.165, 1.54) is 30.5 Å². The number of benzene rings is 1.